The zero-order valence-corrected chi connectivity index (χ0v) is 12.5. The molecule has 1 rings (SSSR count). The highest BCUT2D eigenvalue weighted by atomic mass is 16.3. The first kappa shape index (κ1) is 15.8. The normalized spacial score (nSPS) is 24.7. The molecule has 1 N–H and O–H groups in total. The average molecular weight is 252 g/mol. The second-order valence-electron chi connectivity index (χ2n) is 6.04. The van der Waals surface area contributed by atoms with Crippen LogP contribution in [0.15, 0.2) is 11.6 Å². The molecule has 0 bridgehead atoms. The Bertz CT molecular complexity index is 228. The lowest BCUT2D eigenvalue weighted by Gasteiger charge is -2.29. The van der Waals surface area contributed by atoms with Gasteiger partial charge in [0.15, 0.2) is 0 Å². The first-order valence-corrected chi connectivity index (χ1v) is 8.05. The summed E-state index contributed by atoms with van der Waals surface area (Å²) >= 11 is 0. The summed E-state index contributed by atoms with van der Waals surface area (Å²) in [5.41, 5.74) is 0.667. The maximum atomic E-state index is 10.8. The van der Waals surface area contributed by atoms with Crippen molar-refractivity contribution in [3.8, 4) is 0 Å². The van der Waals surface area contributed by atoms with Crippen molar-refractivity contribution in [1.29, 1.82) is 0 Å². The van der Waals surface area contributed by atoms with Gasteiger partial charge in [-0.3, -0.25) is 0 Å². The van der Waals surface area contributed by atoms with Crippen LogP contribution < -0.4 is 0 Å². The van der Waals surface area contributed by atoms with Gasteiger partial charge in [-0.15, -0.1) is 0 Å². The molecule has 1 heteroatoms. The molecule has 0 saturated heterocycles. The van der Waals surface area contributed by atoms with E-state index in [2.05, 4.69) is 19.9 Å². The summed E-state index contributed by atoms with van der Waals surface area (Å²) in [6.45, 7) is 4.15. The summed E-state index contributed by atoms with van der Waals surface area (Å²) in [6.07, 6.45) is 17.3. The molecule has 1 saturated carbocycles. The lowest BCUT2D eigenvalue weighted by Crippen LogP contribution is -2.30. The summed E-state index contributed by atoms with van der Waals surface area (Å²) < 4.78 is 0. The third-order valence-corrected chi connectivity index (χ3v) is 4.60. The van der Waals surface area contributed by atoms with Gasteiger partial charge >= 0.3 is 0 Å². The number of hydrogen-bond donors (Lipinski definition) is 1. The van der Waals surface area contributed by atoms with Gasteiger partial charge in [0.25, 0.3) is 0 Å². The van der Waals surface area contributed by atoms with Crippen LogP contribution in [-0.4, -0.2) is 10.7 Å². The molecule has 0 heterocycles. The highest BCUT2D eigenvalue weighted by Crippen LogP contribution is 2.30. The molecule has 0 unspecified atom stereocenters. The van der Waals surface area contributed by atoms with Gasteiger partial charge in [0, 0.05) is 0 Å². The molecule has 0 aromatic heterocycles. The molecule has 0 radical (unpaired) electrons. The fourth-order valence-corrected chi connectivity index (χ4v) is 3.04. The minimum absolute atomic E-state index is 0.511. The van der Waals surface area contributed by atoms with E-state index in [1.165, 1.54) is 69.8 Å². The van der Waals surface area contributed by atoms with E-state index in [0.29, 0.717) is 0 Å². The van der Waals surface area contributed by atoms with Crippen molar-refractivity contribution in [1.82, 2.24) is 0 Å². The lowest BCUT2D eigenvalue weighted by molar-refractivity contribution is 0.0541. The van der Waals surface area contributed by atoms with Crippen LogP contribution in [0.4, 0.5) is 0 Å². The summed E-state index contributed by atoms with van der Waals surface area (Å²) in [7, 11) is 0. The van der Waals surface area contributed by atoms with Crippen molar-refractivity contribution in [2.24, 2.45) is 0 Å². The number of aliphatic hydroxyl groups is 1. The fraction of sp³-hybridized carbons (Fsp3) is 0.882. The molecular formula is C17H32O. The van der Waals surface area contributed by atoms with Gasteiger partial charge in [0.2, 0.25) is 0 Å². The zero-order chi connectivity index (χ0) is 13.3. The second-order valence-corrected chi connectivity index (χ2v) is 6.04. The first-order chi connectivity index (χ1) is 8.69. The SMILES string of the molecule is C/C=C(\C)C1(O)CCCCCCCCCCCC1. The molecule has 1 aliphatic rings. The van der Waals surface area contributed by atoms with Crippen molar-refractivity contribution in [2.45, 2.75) is 96.5 Å². The molecule has 0 atom stereocenters. The predicted molar refractivity (Wildman–Crippen MR) is 79.8 cm³/mol. The third-order valence-electron chi connectivity index (χ3n) is 4.60. The molecule has 0 amide bonds. The van der Waals surface area contributed by atoms with E-state index in [-0.39, 0.29) is 0 Å². The Balaban J connectivity index is 2.52. The Morgan fingerprint density at radius 1 is 0.778 bits per heavy atom. The van der Waals surface area contributed by atoms with Crippen LogP contribution in [0.1, 0.15) is 90.9 Å². The maximum Gasteiger partial charge on any atom is 0.0854 e. The van der Waals surface area contributed by atoms with Crippen LogP contribution >= 0.6 is 0 Å². The highest BCUT2D eigenvalue weighted by molar-refractivity contribution is 5.12. The average Bonchev–Trinajstić information content (AvgIpc) is 2.40. The second kappa shape index (κ2) is 8.74. The highest BCUT2D eigenvalue weighted by Gasteiger charge is 2.27. The molecule has 18 heavy (non-hydrogen) atoms. The third kappa shape index (κ3) is 5.56. The van der Waals surface area contributed by atoms with Gasteiger partial charge in [-0.2, -0.15) is 0 Å². The van der Waals surface area contributed by atoms with Gasteiger partial charge in [-0.05, 0) is 32.3 Å². The molecule has 0 aliphatic heterocycles. The molecule has 0 aromatic rings. The standard InChI is InChI=1S/C17H32O/c1-3-16(2)17(18)14-12-10-8-6-4-5-7-9-11-13-15-17/h3,18H,4-15H2,1-2H3/b16-3+. The fourth-order valence-electron chi connectivity index (χ4n) is 3.04. The smallest absolute Gasteiger partial charge is 0.0854 e. The lowest BCUT2D eigenvalue weighted by atomic mass is 9.84. The molecule has 0 aromatic carbocycles. The largest absolute Gasteiger partial charge is 0.386 e. The summed E-state index contributed by atoms with van der Waals surface area (Å²) in [4.78, 5) is 0. The van der Waals surface area contributed by atoms with Crippen LogP contribution in [0, 0.1) is 0 Å². The molecule has 1 fully saturated rings. The minimum Gasteiger partial charge on any atom is -0.386 e. The van der Waals surface area contributed by atoms with Gasteiger partial charge < -0.3 is 5.11 Å². The van der Waals surface area contributed by atoms with Gasteiger partial charge in [-0.25, -0.2) is 0 Å². The summed E-state index contributed by atoms with van der Waals surface area (Å²) in [5, 5.41) is 10.8. The minimum atomic E-state index is -0.511. The van der Waals surface area contributed by atoms with E-state index < -0.39 is 5.60 Å². The summed E-state index contributed by atoms with van der Waals surface area (Å²) in [5.74, 6) is 0. The maximum absolute atomic E-state index is 10.8. The number of allylic oxidation sites excluding steroid dienone is 1. The van der Waals surface area contributed by atoms with E-state index in [4.69, 9.17) is 0 Å². The Morgan fingerprint density at radius 3 is 1.44 bits per heavy atom. The van der Waals surface area contributed by atoms with Crippen molar-refractivity contribution in [2.75, 3.05) is 0 Å². The van der Waals surface area contributed by atoms with E-state index >= 15 is 0 Å². The van der Waals surface area contributed by atoms with Crippen LogP contribution in [0.25, 0.3) is 0 Å². The van der Waals surface area contributed by atoms with E-state index in [0.717, 1.165) is 12.8 Å². The summed E-state index contributed by atoms with van der Waals surface area (Å²) in [6, 6.07) is 0. The van der Waals surface area contributed by atoms with E-state index in [9.17, 15) is 5.11 Å². The Labute approximate surface area is 114 Å². The quantitative estimate of drug-likeness (QED) is 0.621. The molecule has 0 spiro atoms. The van der Waals surface area contributed by atoms with Crippen LogP contribution in [0.2, 0.25) is 0 Å². The first-order valence-electron chi connectivity index (χ1n) is 8.05. The Hall–Kier alpha value is -0.300. The van der Waals surface area contributed by atoms with E-state index in [1.807, 2.05) is 0 Å². The van der Waals surface area contributed by atoms with Crippen LogP contribution in [0.5, 0.6) is 0 Å². The number of hydrogen-bond acceptors (Lipinski definition) is 1. The molecule has 1 nitrogen and oxygen atoms in total. The predicted octanol–water partition coefficient (Wildman–Crippen LogP) is 5.38. The Morgan fingerprint density at radius 2 is 1.11 bits per heavy atom. The van der Waals surface area contributed by atoms with E-state index in [1.54, 1.807) is 0 Å². The monoisotopic (exact) mass is 252 g/mol. The van der Waals surface area contributed by atoms with Crippen LogP contribution in [0.3, 0.4) is 0 Å². The van der Waals surface area contributed by atoms with Gasteiger partial charge in [0.05, 0.1) is 5.60 Å². The van der Waals surface area contributed by atoms with Crippen molar-refractivity contribution in [3.63, 3.8) is 0 Å². The Kier molecular flexibility index (Phi) is 7.65. The number of rotatable bonds is 1. The van der Waals surface area contributed by atoms with Crippen LogP contribution in [-0.2, 0) is 0 Å². The van der Waals surface area contributed by atoms with Crippen molar-refractivity contribution < 1.29 is 5.11 Å². The molecular weight excluding hydrogens is 220 g/mol. The zero-order valence-electron chi connectivity index (χ0n) is 12.5. The van der Waals surface area contributed by atoms with Gasteiger partial charge in [-0.1, -0.05) is 70.3 Å². The van der Waals surface area contributed by atoms with Crippen molar-refractivity contribution >= 4 is 0 Å². The molecule has 1 aliphatic carbocycles. The molecule has 106 valence electrons. The van der Waals surface area contributed by atoms with Gasteiger partial charge in [0.1, 0.15) is 0 Å². The van der Waals surface area contributed by atoms with Crippen molar-refractivity contribution in [3.05, 3.63) is 11.6 Å². The topological polar surface area (TPSA) is 20.2 Å².